The van der Waals surface area contributed by atoms with E-state index in [4.69, 9.17) is 5.11 Å². The second kappa shape index (κ2) is 5.54. The van der Waals surface area contributed by atoms with Gasteiger partial charge in [0.05, 0.1) is 18.9 Å². The lowest BCUT2D eigenvalue weighted by Crippen LogP contribution is -2.15. The molecule has 0 bridgehead atoms. The molecule has 2 N–H and O–H groups in total. The maximum Gasteiger partial charge on any atom is 0.335 e. The van der Waals surface area contributed by atoms with Gasteiger partial charge in [-0.1, -0.05) is 5.57 Å². The van der Waals surface area contributed by atoms with E-state index in [0.29, 0.717) is 13.6 Å². The Morgan fingerprint density at radius 1 is 1.50 bits per heavy atom. The lowest BCUT2D eigenvalue weighted by Gasteiger charge is -2.17. The Bertz CT molecular complexity index is 279. The van der Waals surface area contributed by atoms with Crippen LogP contribution >= 0.6 is 0 Å². The Morgan fingerprint density at radius 2 is 2.00 bits per heavy atom. The predicted octanol–water partition coefficient (Wildman–Crippen LogP) is 1.68. The van der Waals surface area contributed by atoms with Crippen molar-refractivity contribution in [2.75, 3.05) is 7.18 Å². The minimum atomic E-state index is -0.967. The number of rotatable bonds is 1. The summed E-state index contributed by atoms with van der Waals surface area (Å²) in [5.41, 5.74) is 1.95. The van der Waals surface area contributed by atoms with Crippen molar-refractivity contribution < 1.29 is 19.4 Å². The molecule has 0 saturated carbocycles. The van der Waals surface area contributed by atoms with Gasteiger partial charge in [0, 0.05) is 0 Å². The molecule has 80 valence electrons. The first-order valence-electron chi connectivity index (χ1n) is 4.20. The molecule has 0 amide bonds. The lowest BCUT2D eigenvalue weighted by atomic mass is 9.91. The van der Waals surface area contributed by atoms with E-state index in [0.717, 1.165) is 11.1 Å². The topological polar surface area (TPSA) is 57.5 Å². The average Bonchev–Trinajstić information content (AvgIpc) is 2.14. The van der Waals surface area contributed by atoms with Crippen LogP contribution in [0.4, 0.5) is 4.39 Å². The molecule has 0 aliphatic heterocycles. The van der Waals surface area contributed by atoms with E-state index < -0.39 is 12.1 Å². The van der Waals surface area contributed by atoms with E-state index in [1.807, 2.05) is 6.92 Å². The molecule has 1 unspecified atom stereocenters. The van der Waals surface area contributed by atoms with Gasteiger partial charge < -0.3 is 10.2 Å². The molecule has 1 atom stereocenters. The zero-order valence-corrected chi connectivity index (χ0v) is 8.54. The van der Waals surface area contributed by atoms with Crippen LogP contribution in [0.25, 0.3) is 0 Å². The van der Waals surface area contributed by atoms with Gasteiger partial charge in [0.25, 0.3) is 0 Å². The molecule has 1 aliphatic rings. The molecule has 1 rings (SSSR count). The molecule has 4 heteroatoms. The number of alkyl halides is 1. The van der Waals surface area contributed by atoms with E-state index in [9.17, 15) is 14.3 Å². The van der Waals surface area contributed by atoms with Crippen molar-refractivity contribution in [2.45, 2.75) is 26.4 Å². The van der Waals surface area contributed by atoms with Gasteiger partial charge in [-0.2, -0.15) is 0 Å². The van der Waals surface area contributed by atoms with Crippen LogP contribution in [0.15, 0.2) is 22.8 Å². The van der Waals surface area contributed by atoms with Gasteiger partial charge in [0.2, 0.25) is 0 Å². The van der Waals surface area contributed by atoms with Crippen LogP contribution < -0.4 is 0 Å². The molecule has 0 saturated heterocycles. The van der Waals surface area contributed by atoms with Gasteiger partial charge in [-0.05, 0) is 31.9 Å². The third-order valence-corrected chi connectivity index (χ3v) is 2.15. The summed E-state index contributed by atoms with van der Waals surface area (Å²) < 4.78 is 9.50. The third-order valence-electron chi connectivity index (χ3n) is 2.15. The third kappa shape index (κ3) is 2.96. The highest BCUT2D eigenvalue weighted by Crippen LogP contribution is 2.24. The molecule has 14 heavy (non-hydrogen) atoms. The highest BCUT2D eigenvalue weighted by molar-refractivity contribution is 5.92. The van der Waals surface area contributed by atoms with E-state index in [2.05, 4.69) is 0 Å². The van der Waals surface area contributed by atoms with Crippen LogP contribution in [0.1, 0.15) is 20.3 Å². The fourth-order valence-corrected chi connectivity index (χ4v) is 1.30. The summed E-state index contributed by atoms with van der Waals surface area (Å²) in [7, 11) is 0.500. The zero-order chi connectivity index (χ0) is 11.3. The summed E-state index contributed by atoms with van der Waals surface area (Å²) >= 11 is 0. The Balaban J connectivity index is 0.000000791. The number of halogens is 1. The van der Waals surface area contributed by atoms with Crippen molar-refractivity contribution in [1.82, 2.24) is 0 Å². The molecule has 3 nitrogen and oxygen atoms in total. The predicted molar refractivity (Wildman–Crippen MR) is 51.7 cm³/mol. The molecule has 0 spiro atoms. The standard InChI is InChI=1S/C9H12O3.CH3F/c1-5-3-7(10)4-8(6(5)2)9(11)12;1-2/h4,7,10H,3H2,1-2H3,(H,11,12);1H3. The van der Waals surface area contributed by atoms with Crippen LogP contribution in [0.5, 0.6) is 0 Å². The molecule has 0 heterocycles. The van der Waals surface area contributed by atoms with Crippen LogP contribution in [-0.4, -0.2) is 29.5 Å². The molecule has 1 aliphatic carbocycles. The van der Waals surface area contributed by atoms with Gasteiger partial charge >= 0.3 is 5.97 Å². The fraction of sp³-hybridized carbons (Fsp3) is 0.500. The number of aliphatic carboxylic acids is 1. The SMILES string of the molecule is CC1=C(C)C(C(=O)O)=CC(O)C1.CF. The molecule has 0 aromatic carbocycles. The van der Waals surface area contributed by atoms with Crippen molar-refractivity contribution in [1.29, 1.82) is 0 Å². The maximum atomic E-state index is 10.6. The van der Waals surface area contributed by atoms with Gasteiger partial charge in [0.1, 0.15) is 0 Å². The Morgan fingerprint density at radius 3 is 2.43 bits per heavy atom. The Labute approximate surface area is 82.6 Å². The highest BCUT2D eigenvalue weighted by atomic mass is 19.1. The number of aliphatic hydroxyl groups excluding tert-OH is 1. The number of carbonyl (C=O) groups is 1. The van der Waals surface area contributed by atoms with Gasteiger partial charge in [-0.3, -0.25) is 4.39 Å². The lowest BCUT2D eigenvalue weighted by molar-refractivity contribution is -0.132. The Kier molecular flexibility index (Phi) is 5.09. The van der Waals surface area contributed by atoms with E-state index >= 15 is 0 Å². The monoisotopic (exact) mass is 202 g/mol. The molecule has 0 aromatic heterocycles. The number of hydrogen-bond donors (Lipinski definition) is 2. The number of carboxylic acid groups (broad SMARTS) is 1. The second-order valence-corrected chi connectivity index (χ2v) is 3.06. The Hall–Kier alpha value is -1.16. The number of aliphatic hydroxyl groups is 1. The number of carboxylic acids is 1. The maximum absolute atomic E-state index is 10.6. The van der Waals surface area contributed by atoms with Gasteiger partial charge in [0.15, 0.2) is 0 Å². The van der Waals surface area contributed by atoms with Crippen molar-refractivity contribution in [2.24, 2.45) is 0 Å². The second-order valence-electron chi connectivity index (χ2n) is 3.06. The molecular weight excluding hydrogens is 187 g/mol. The summed E-state index contributed by atoms with van der Waals surface area (Å²) in [6, 6.07) is 0. The quantitative estimate of drug-likeness (QED) is 0.680. The average molecular weight is 202 g/mol. The van der Waals surface area contributed by atoms with E-state index in [-0.39, 0.29) is 5.57 Å². The normalized spacial score (nSPS) is 20.9. The summed E-state index contributed by atoms with van der Waals surface area (Å²) in [5, 5.41) is 18.0. The summed E-state index contributed by atoms with van der Waals surface area (Å²) in [6.45, 7) is 3.61. The van der Waals surface area contributed by atoms with Crippen LogP contribution in [0.3, 0.4) is 0 Å². The van der Waals surface area contributed by atoms with Crippen molar-refractivity contribution >= 4 is 5.97 Å². The minimum Gasteiger partial charge on any atom is -0.478 e. The molecular formula is C10H15FO3. The van der Waals surface area contributed by atoms with Crippen molar-refractivity contribution in [3.05, 3.63) is 22.8 Å². The van der Waals surface area contributed by atoms with E-state index in [1.54, 1.807) is 6.92 Å². The summed E-state index contributed by atoms with van der Waals surface area (Å²) in [5.74, 6) is -0.967. The van der Waals surface area contributed by atoms with Crippen LogP contribution in [-0.2, 0) is 4.79 Å². The van der Waals surface area contributed by atoms with Gasteiger partial charge in [-0.25, -0.2) is 4.79 Å². The minimum absolute atomic E-state index is 0.228. The summed E-state index contributed by atoms with van der Waals surface area (Å²) in [6.07, 6.45) is 1.30. The van der Waals surface area contributed by atoms with Crippen molar-refractivity contribution in [3.63, 3.8) is 0 Å². The zero-order valence-electron chi connectivity index (χ0n) is 8.54. The first-order chi connectivity index (χ1) is 6.52. The molecule has 0 aromatic rings. The first kappa shape index (κ1) is 12.8. The molecule has 0 fully saturated rings. The smallest absolute Gasteiger partial charge is 0.335 e. The highest BCUT2D eigenvalue weighted by Gasteiger charge is 2.19. The van der Waals surface area contributed by atoms with Gasteiger partial charge in [-0.15, -0.1) is 0 Å². The van der Waals surface area contributed by atoms with E-state index in [1.165, 1.54) is 6.08 Å². The largest absolute Gasteiger partial charge is 0.478 e. The molecule has 0 radical (unpaired) electrons. The van der Waals surface area contributed by atoms with Crippen molar-refractivity contribution in [3.8, 4) is 0 Å². The fourth-order valence-electron chi connectivity index (χ4n) is 1.30. The van der Waals surface area contributed by atoms with Crippen LogP contribution in [0, 0.1) is 0 Å². The summed E-state index contributed by atoms with van der Waals surface area (Å²) in [4.78, 5) is 10.6. The van der Waals surface area contributed by atoms with Crippen LogP contribution in [0.2, 0.25) is 0 Å². The first-order valence-corrected chi connectivity index (χ1v) is 4.20. The number of hydrogen-bond acceptors (Lipinski definition) is 2.